The van der Waals surface area contributed by atoms with Gasteiger partial charge >= 0.3 is 6.18 Å². The summed E-state index contributed by atoms with van der Waals surface area (Å²) in [5, 5.41) is 7.11. The first-order chi connectivity index (χ1) is 13.3. The van der Waals surface area contributed by atoms with Crippen molar-refractivity contribution < 1.29 is 22.7 Å². The number of nitrogens with zero attached hydrogens (tertiary/aromatic N) is 1. The van der Waals surface area contributed by atoms with Crippen LogP contribution in [0.2, 0.25) is 0 Å². The second-order valence-electron chi connectivity index (χ2n) is 5.37. The van der Waals surface area contributed by atoms with Gasteiger partial charge in [-0.3, -0.25) is 10.1 Å². The predicted octanol–water partition coefficient (Wildman–Crippen LogP) is 5.08. The number of carbonyl (C=O) groups is 1. The van der Waals surface area contributed by atoms with Gasteiger partial charge in [-0.2, -0.15) is 13.2 Å². The number of thiophene rings is 1. The van der Waals surface area contributed by atoms with Gasteiger partial charge in [0.2, 0.25) is 5.88 Å². The van der Waals surface area contributed by atoms with Crippen LogP contribution in [0.4, 0.5) is 18.9 Å². The summed E-state index contributed by atoms with van der Waals surface area (Å²) < 4.78 is 44.5. The van der Waals surface area contributed by atoms with Crippen molar-refractivity contribution in [3.05, 3.63) is 70.5 Å². The summed E-state index contributed by atoms with van der Waals surface area (Å²) in [6.45, 7) is 0. The number of rotatable bonds is 4. The monoisotopic (exact) mass is 423 g/mol. The summed E-state index contributed by atoms with van der Waals surface area (Å²) >= 11 is 6.36. The Hall–Kier alpha value is -2.98. The van der Waals surface area contributed by atoms with Crippen molar-refractivity contribution in [3.63, 3.8) is 0 Å². The highest BCUT2D eigenvalue weighted by atomic mass is 32.1. The topological polar surface area (TPSA) is 63.2 Å². The largest absolute Gasteiger partial charge is 0.438 e. The number of nitrogens with one attached hydrogen (secondary N) is 2. The lowest BCUT2D eigenvalue weighted by Gasteiger charge is -2.13. The molecule has 0 aliphatic rings. The first kappa shape index (κ1) is 19.8. The number of anilines is 1. The highest BCUT2D eigenvalue weighted by Gasteiger charge is 2.35. The van der Waals surface area contributed by atoms with Crippen molar-refractivity contribution in [3.8, 4) is 11.6 Å². The molecule has 2 heterocycles. The minimum absolute atomic E-state index is 0.0457. The van der Waals surface area contributed by atoms with Gasteiger partial charge in [-0.1, -0.05) is 12.1 Å². The molecule has 3 aromatic rings. The SMILES string of the molecule is O=C(NC(=S)Nc1cccc(Oc2ncccc2C(F)(F)F)c1)c1cccs1. The molecule has 1 aromatic carbocycles. The second-order valence-corrected chi connectivity index (χ2v) is 6.73. The van der Waals surface area contributed by atoms with Gasteiger partial charge in [0.1, 0.15) is 11.3 Å². The van der Waals surface area contributed by atoms with E-state index in [0.717, 1.165) is 6.07 Å². The van der Waals surface area contributed by atoms with Crippen molar-refractivity contribution in [2.75, 3.05) is 5.32 Å². The van der Waals surface area contributed by atoms with Gasteiger partial charge in [0.25, 0.3) is 5.91 Å². The summed E-state index contributed by atoms with van der Waals surface area (Å²) in [7, 11) is 0. The summed E-state index contributed by atoms with van der Waals surface area (Å²) in [4.78, 5) is 16.1. The molecular formula is C18H12F3N3O2S2. The molecule has 0 spiro atoms. The maximum absolute atomic E-state index is 13.1. The molecule has 0 fully saturated rings. The zero-order valence-electron chi connectivity index (χ0n) is 14.0. The van der Waals surface area contributed by atoms with E-state index in [2.05, 4.69) is 15.6 Å². The van der Waals surface area contributed by atoms with Crippen LogP contribution in [0.3, 0.4) is 0 Å². The molecule has 0 aliphatic carbocycles. The van der Waals surface area contributed by atoms with Crippen molar-refractivity contribution in [1.82, 2.24) is 10.3 Å². The summed E-state index contributed by atoms with van der Waals surface area (Å²) in [5.74, 6) is -0.787. The number of aromatic nitrogens is 1. The Bertz CT molecular complexity index is 992. The number of amides is 1. The molecule has 10 heteroatoms. The molecular weight excluding hydrogens is 411 g/mol. The first-order valence-corrected chi connectivity index (χ1v) is 9.08. The Balaban J connectivity index is 1.70. The van der Waals surface area contributed by atoms with Gasteiger partial charge in [0.15, 0.2) is 5.11 Å². The Labute approximate surface area is 167 Å². The molecule has 2 N–H and O–H groups in total. The molecule has 0 saturated heterocycles. The molecule has 144 valence electrons. The fraction of sp³-hybridized carbons (Fsp3) is 0.0556. The molecule has 1 amide bonds. The number of benzene rings is 1. The lowest BCUT2D eigenvalue weighted by Crippen LogP contribution is -2.33. The summed E-state index contributed by atoms with van der Waals surface area (Å²) in [5.41, 5.74) is -0.550. The normalized spacial score (nSPS) is 11.0. The Morgan fingerprint density at radius 3 is 2.68 bits per heavy atom. The fourth-order valence-electron chi connectivity index (χ4n) is 2.17. The molecule has 0 saturated carbocycles. The summed E-state index contributed by atoms with van der Waals surface area (Å²) in [6.07, 6.45) is -3.38. The van der Waals surface area contributed by atoms with Crippen LogP contribution in [-0.2, 0) is 6.18 Å². The van der Waals surface area contributed by atoms with E-state index >= 15 is 0 Å². The zero-order valence-corrected chi connectivity index (χ0v) is 15.6. The van der Waals surface area contributed by atoms with E-state index in [0.29, 0.717) is 10.6 Å². The fourth-order valence-corrected chi connectivity index (χ4v) is 3.00. The molecule has 0 bridgehead atoms. The molecule has 0 aliphatic heterocycles. The van der Waals surface area contributed by atoms with Gasteiger partial charge in [-0.25, -0.2) is 4.98 Å². The van der Waals surface area contributed by atoms with Crippen LogP contribution >= 0.6 is 23.6 Å². The maximum Gasteiger partial charge on any atom is 0.421 e. The van der Waals surface area contributed by atoms with Crippen molar-refractivity contribution >= 4 is 40.3 Å². The predicted molar refractivity (Wildman–Crippen MR) is 104 cm³/mol. The van der Waals surface area contributed by atoms with Crippen molar-refractivity contribution in [1.29, 1.82) is 0 Å². The first-order valence-electron chi connectivity index (χ1n) is 7.79. The zero-order chi connectivity index (χ0) is 20.1. The molecule has 28 heavy (non-hydrogen) atoms. The lowest BCUT2D eigenvalue weighted by atomic mass is 10.2. The number of pyridine rings is 1. The molecule has 0 unspecified atom stereocenters. The van der Waals surface area contributed by atoms with Crippen LogP contribution in [-0.4, -0.2) is 16.0 Å². The average molecular weight is 423 g/mol. The molecule has 2 aromatic heterocycles. The smallest absolute Gasteiger partial charge is 0.421 e. The third-order valence-corrected chi connectivity index (χ3v) is 4.43. The van der Waals surface area contributed by atoms with Crippen molar-refractivity contribution in [2.45, 2.75) is 6.18 Å². The van der Waals surface area contributed by atoms with Gasteiger partial charge in [-0.05, 0) is 47.9 Å². The summed E-state index contributed by atoms with van der Waals surface area (Å²) in [6, 6.07) is 11.6. The third-order valence-electron chi connectivity index (χ3n) is 3.36. The minimum atomic E-state index is -4.59. The van der Waals surface area contributed by atoms with Crippen LogP contribution in [0, 0.1) is 0 Å². The minimum Gasteiger partial charge on any atom is -0.438 e. The highest BCUT2D eigenvalue weighted by Crippen LogP contribution is 2.36. The van der Waals surface area contributed by atoms with Crippen LogP contribution in [0.1, 0.15) is 15.2 Å². The van der Waals surface area contributed by atoms with E-state index in [1.807, 2.05) is 0 Å². The quantitative estimate of drug-likeness (QED) is 0.573. The molecule has 0 atom stereocenters. The number of alkyl halides is 3. The van der Waals surface area contributed by atoms with Gasteiger partial charge < -0.3 is 10.1 Å². The van der Waals surface area contributed by atoms with E-state index in [-0.39, 0.29) is 16.8 Å². The number of hydrogen-bond acceptors (Lipinski definition) is 5. The van der Waals surface area contributed by atoms with E-state index < -0.39 is 17.6 Å². The Kier molecular flexibility index (Phi) is 5.90. The van der Waals surface area contributed by atoms with E-state index in [1.54, 1.807) is 29.6 Å². The molecule has 3 rings (SSSR count). The average Bonchev–Trinajstić information content (AvgIpc) is 3.16. The van der Waals surface area contributed by atoms with Crippen LogP contribution < -0.4 is 15.4 Å². The lowest BCUT2D eigenvalue weighted by molar-refractivity contribution is -0.138. The van der Waals surface area contributed by atoms with E-state index in [9.17, 15) is 18.0 Å². The number of thiocarbonyl (C=S) groups is 1. The van der Waals surface area contributed by atoms with Crippen LogP contribution in [0.15, 0.2) is 60.1 Å². The number of ether oxygens (including phenoxy) is 1. The van der Waals surface area contributed by atoms with Crippen LogP contribution in [0.5, 0.6) is 11.6 Å². The third kappa shape index (κ3) is 5.05. The maximum atomic E-state index is 13.1. The van der Waals surface area contributed by atoms with Gasteiger partial charge in [0.05, 0.1) is 4.88 Å². The van der Waals surface area contributed by atoms with E-state index in [4.69, 9.17) is 17.0 Å². The Morgan fingerprint density at radius 1 is 1.14 bits per heavy atom. The number of carbonyl (C=O) groups excluding carboxylic acids is 1. The molecule has 5 nitrogen and oxygen atoms in total. The van der Waals surface area contributed by atoms with Gasteiger partial charge in [0, 0.05) is 18.0 Å². The van der Waals surface area contributed by atoms with Crippen molar-refractivity contribution in [2.24, 2.45) is 0 Å². The van der Waals surface area contributed by atoms with E-state index in [1.165, 1.54) is 35.7 Å². The second kappa shape index (κ2) is 8.36. The molecule has 0 radical (unpaired) electrons. The Morgan fingerprint density at radius 2 is 1.96 bits per heavy atom. The number of hydrogen-bond donors (Lipinski definition) is 2. The van der Waals surface area contributed by atoms with Crippen LogP contribution in [0.25, 0.3) is 0 Å². The highest BCUT2D eigenvalue weighted by molar-refractivity contribution is 7.80. The van der Waals surface area contributed by atoms with Gasteiger partial charge in [-0.15, -0.1) is 11.3 Å². The number of halogens is 3. The standard InChI is InChI=1S/C18H12F3N3O2S2/c19-18(20,21)13-6-2-8-22-16(13)26-12-5-1-4-11(10-12)23-17(27)24-15(25)14-7-3-9-28-14/h1-10H,(H2,23,24,25,27).